The minimum Gasteiger partial charge on any atom is -0.493 e. The Kier molecular flexibility index (Phi) is 7.95. The van der Waals surface area contributed by atoms with Crippen molar-refractivity contribution in [3.05, 3.63) is 75.0 Å². The predicted molar refractivity (Wildman–Crippen MR) is 128 cm³/mol. The minimum atomic E-state index is -0.997. The summed E-state index contributed by atoms with van der Waals surface area (Å²) in [7, 11) is 1.36. The molecule has 3 rings (SSSR count). The van der Waals surface area contributed by atoms with Crippen molar-refractivity contribution in [2.45, 2.75) is 46.4 Å². The maximum absolute atomic E-state index is 13.1. The van der Waals surface area contributed by atoms with Gasteiger partial charge >= 0.3 is 17.7 Å². The molecule has 1 unspecified atom stereocenters. The molecule has 0 saturated heterocycles. The first-order valence-corrected chi connectivity index (χ1v) is 11.2. The van der Waals surface area contributed by atoms with Gasteiger partial charge in [0.05, 0.1) is 29.8 Å². The summed E-state index contributed by atoms with van der Waals surface area (Å²) >= 11 is 0. The Morgan fingerprint density at radius 1 is 1.14 bits per heavy atom. The Bertz CT molecular complexity index is 1140. The van der Waals surface area contributed by atoms with Crippen LogP contribution in [0.15, 0.2) is 53.7 Å². The summed E-state index contributed by atoms with van der Waals surface area (Å²) in [6.45, 7) is 7.16. The number of carbonyl (C=O) groups is 2. The minimum absolute atomic E-state index is 0.0512. The van der Waals surface area contributed by atoms with Crippen molar-refractivity contribution in [3.8, 4) is 11.5 Å². The van der Waals surface area contributed by atoms with Crippen molar-refractivity contribution in [3.63, 3.8) is 0 Å². The van der Waals surface area contributed by atoms with Crippen molar-refractivity contribution in [1.29, 1.82) is 0 Å². The van der Waals surface area contributed by atoms with E-state index in [2.05, 4.69) is 10.6 Å². The number of methoxy groups -OCH3 is 1. The highest BCUT2D eigenvalue weighted by Gasteiger charge is 2.37. The van der Waals surface area contributed by atoms with Crippen LogP contribution in [0, 0.1) is 16.0 Å². The molecule has 10 heteroatoms. The zero-order valence-corrected chi connectivity index (χ0v) is 20.3. The lowest BCUT2D eigenvalue weighted by Gasteiger charge is -2.31. The van der Waals surface area contributed by atoms with E-state index in [9.17, 15) is 19.7 Å². The smallest absolute Gasteiger partial charge is 0.338 e. The topological polar surface area (TPSA) is 129 Å². The molecule has 0 aliphatic carbocycles. The number of allylic oxidation sites excluding steroid dienone is 1. The molecule has 1 heterocycles. The van der Waals surface area contributed by atoms with Gasteiger partial charge in [-0.1, -0.05) is 44.2 Å². The third kappa shape index (κ3) is 5.89. The quantitative estimate of drug-likeness (QED) is 0.307. The standard InChI is InChI=1S/C25H29N3O7/c1-14(2)21-20(24(29)35-15(3)4)22(27-25(30)26-21)17-11-18(28(31)32)23(19(12-17)33-5)34-13-16-9-7-6-8-10-16/h6-12,14-15,22H,13H2,1-5H3,(H2,26,27,30). The molecule has 1 atom stereocenters. The number of carbonyl (C=O) groups excluding carboxylic acids is 2. The van der Waals surface area contributed by atoms with Gasteiger partial charge in [0, 0.05) is 11.8 Å². The molecule has 1 aliphatic heterocycles. The second-order valence-corrected chi connectivity index (χ2v) is 8.57. The molecule has 2 amide bonds. The molecular formula is C25H29N3O7. The summed E-state index contributed by atoms with van der Waals surface area (Å²) in [5.74, 6) is -0.804. The molecule has 0 spiro atoms. The van der Waals surface area contributed by atoms with Gasteiger partial charge in [-0.05, 0) is 37.0 Å². The van der Waals surface area contributed by atoms with Crippen LogP contribution in [0.2, 0.25) is 0 Å². The second kappa shape index (κ2) is 10.9. The van der Waals surface area contributed by atoms with Crippen LogP contribution in [0.4, 0.5) is 10.5 Å². The zero-order valence-electron chi connectivity index (χ0n) is 20.3. The van der Waals surface area contributed by atoms with E-state index in [1.807, 2.05) is 44.2 Å². The maximum atomic E-state index is 13.1. The van der Waals surface area contributed by atoms with E-state index in [1.54, 1.807) is 13.8 Å². The molecule has 0 fully saturated rings. The summed E-state index contributed by atoms with van der Waals surface area (Å²) in [5, 5.41) is 17.4. The lowest BCUT2D eigenvalue weighted by molar-refractivity contribution is -0.386. The number of urea groups is 1. The predicted octanol–water partition coefficient (Wildman–Crippen LogP) is 4.40. The maximum Gasteiger partial charge on any atom is 0.338 e. The van der Waals surface area contributed by atoms with E-state index < -0.39 is 29.1 Å². The van der Waals surface area contributed by atoms with Gasteiger partial charge in [-0.25, -0.2) is 9.59 Å². The average Bonchev–Trinajstić information content (AvgIpc) is 2.81. The fraction of sp³-hybridized carbons (Fsp3) is 0.360. The van der Waals surface area contributed by atoms with Gasteiger partial charge in [-0.3, -0.25) is 10.1 Å². The zero-order chi connectivity index (χ0) is 25.7. The van der Waals surface area contributed by atoms with Crippen molar-refractivity contribution >= 4 is 17.7 Å². The van der Waals surface area contributed by atoms with Crippen molar-refractivity contribution in [2.24, 2.45) is 5.92 Å². The number of ether oxygens (including phenoxy) is 3. The van der Waals surface area contributed by atoms with Crippen molar-refractivity contribution in [1.82, 2.24) is 10.6 Å². The molecular weight excluding hydrogens is 454 g/mol. The Balaban J connectivity index is 2.11. The Morgan fingerprint density at radius 2 is 1.83 bits per heavy atom. The molecule has 0 aromatic heterocycles. The molecule has 2 aromatic carbocycles. The number of benzene rings is 2. The molecule has 10 nitrogen and oxygen atoms in total. The van der Waals surface area contributed by atoms with Gasteiger partial charge in [-0.15, -0.1) is 0 Å². The number of nitro groups is 1. The summed E-state index contributed by atoms with van der Waals surface area (Å²) in [5.41, 5.74) is 1.30. The van der Waals surface area contributed by atoms with Gasteiger partial charge in [0.25, 0.3) is 0 Å². The molecule has 2 aromatic rings. The molecule has 186 valence electrons. The van der Waals surface area contributed by atoms with Crippen LogP contribution < -0.4 is 20.1 Å². The molecule has 0 bridgehead atoms. The third-order valence-corrected chi connectivity index (χ3v) is 5.28. The molecule has 0 radical (unpaired) electrons. The fourth-order valence-corrected chi connectivity index (χ4v) is 3.73. The number of hydrogen-bond donors (Lipinski definition) is 2. The van der Waals surface area contributed by atoms with Gasteiger partial charge in [0.2, 0.25) is 5.75 Å². The summed E-state index contributed by atoms with van der Waals surface area (Å²) < 4.78 is 16.6. The van der Waals surface area contributed by atoms with Crippen LogP contribution in [-0.2, 0) is 16.1 Å². The van der Waals surface area contributed by atoms with E-state index in [-0.39, 0.29) is 40.8 Å². The largest absolute Gasteiger partial charge is 0.493 e. The summed E-state index contributed by atoms with van der Waals surface area (Å²) in [6.07, 6.45) is -0.403. The molecule has 1 aliphatic rings. The van der Waals surface area contributed by atoms with Crippen LogP contribution >= 0.6 is 0 Å². The van der Waals surface area contributed by atoms with E-state index in [1.165, 1.54) is 19.2 Å². The van der Waals surface area contributed by atoms with Gasteiger partial charge in [-0.2, -0.15) is 0 Å². The lowest BCUT2D eigenvalue weighted by atomic mass is 9.91. The Hall–Kier alpha value is -4.08. The lowest BCUT2D eigenvalue weighted by Crippen LogP contribution is -2.47. The normalized spacial score (nSPS) is 15.5. The fourth-order valence-electron chi connectivity index (χ4n) is 3.73. The van der Waals surface area contributed by atoms with Crippen LogP contribution in [0.25, 0.3) is 0 Å². The first kappa shape index (κ1) is 25.5. The number of nitro benzene ring substituents is 1. The number of esters is 1. The monoisotopic (exact) mass is 483 g/mol. The van der Waals surface area contributed by atoms with Crippen LogP contribution in [0.3, 0.4) is 0 Å². The first-order chi connectivity index (χ1) is 16.6. The van der Waals surface area contributed by atoms with Crippen LogP contribution in [-0.4, -0.2) is 30.1 Å². The Labute approximate surface area is 203 Å². The summed E-state index contributed by atoms with van der Waals surface area (Å²) in [4.78, 5) is 36.9. The van der Waals surface area contributed by atoms with Crippen LogP contribution in [0.5, 0.6) is 11.5 Å². The number of hydrogen-bond acceptors (Lipinski definition) is 7. The highest BCUT2D eigenvalue weighted by atomic mass is 16.6. The van der Waals surface area contributed by atoms with Gasteiger partial charge in [0.15, 0.2) is 5.75 Å². The number of amides is 2. The highest BCUT2D eigenvalue weighted by Crippen LogP contribution is 2.42. The van der Waals surface area contributed by atoms with Gasteiger partial charge in [0.1, 0.15) is 6.61 Å². The second-order valence-electron chi connectivity index (χ2n) is 8.57. The van der Waals surface area contributed by atoms with Crippen molar-refractivity contribution in [2.75, 3.05) is 7.11 Å². The van der Waals surface area contributed by atoms with E-state index in [4.69, 9.17) is 14.2 Å². The van der Waals surface area contributed by atoms with E-state index in [0.717, 1.165) is 5.56 Å². The highest BCUT2D eigenvalue weighted by molar-refractivity contribution is 5.95. The summed E-state index contributed by atoms with van der Waals surface area (Å²) in [6, 6.07) is 10.5. The Morgan fingerprint density at radius 3 is 2.40 bits per heavy atom. The first-order valence-electron chi connectivity index (χ1n) is 11.2. The SMILES string of the molecule is COc1cc(C2NC(=O)NC(C(C)C)=C2C(=O)OC(C)C)cc([N+](=O)[O-])c1OCc1ccccc1. The van der Waals surface area contributed by atoms with Gasteiger partial charge < -0.3 is 24.8 Å². The van der Waals surface area contributed by atoms with Crippen LogP contribution in [0.1, 0.15) is 44.9 Å². The number of nitrogens with one attached hydrogen (secondary N) is 2. The average molecular weight is 484 g/mol. The molecule has 2 N–H and O–H groups in total. The molecule has 35 heavy (non-hydrogen) atoms. The third-order valence-electron chi connectivity index (χ3n) is 5.28. The molecule has 0 saturated carbocycles. The van der Waals surface area contributed by atoms with E-state index in [0.29, 0.717) is 5.70 Å². The van der Waals surface area contributed by atoms with E-state index >= 15 is 0 Å². The number of rotatable bonds is 9. The van der Waals surface area contributed by atoms with Crippen molar-refractivity contribution < 1.29 is 28.7 Å². The number of nitrogens with zero attached hydrogens (tertiary/aromatic N) is 1.